The van der Waals surface area contributed by atoms with E-state index in [1.54, 1.807) is 29.2 Å². The van der Waals surface area contributed by atoms with Gasteiger partial charge in [0.2, 0.25) is 0 Å². The zero-order chi connectivity index (χ0) is 16.2. The van der Waals surface area contributed by atoms with Crippen LogP contribution in [0.3, 0.4) is 0 Å². The lowest BCUT2D eigenvalue weighted by Crippen LogP contribution is -2.30. The van der Waals surface area contributed by atoms with Gasteiger partial charge in [-0.3, -0.25) is 4.79 Å². The van der Waals surface area contributed by atoms with Crippen LogP contribution in [0.1, 0.15) is 30.9 Å². The molecule has 0 saturated heterocycles. The van der Waals surface area contributed by atoms with Crippen LogP contribution in [0, 0.1) is 11.3 Å². The molecule has 3 rings (SSSR count). The molecule has 0 fully saturated rings. The number of nitriles is 1. The fourth-order valence-corrected chi connectivity index (χ4v) is 2.65. The Morgan fingerprint density at radius 1 is 1.13 bits per heavy atom. The molecule has 2 aromatic carbocycles. The lowest BCUT2D eigenvalue weighted by molar-refractivity contribution is -0.112. The molecule has 0 bridgehead atoms. The topological polar surface area (TPSA) is 56.5 Å². The van der Waals surface area contributed by atoms with E-state index in [9.17, 15) is 4.79 Å². The molecule has 0 spiro atoms. The number of para-hydroxylation sites is 1. The number of benzene rings is 2. The van der Waals surface area contributed by atoms with E-state index < -0.39 is 0 Å². The summed E-state index contributed by atoms with van der Waals surface area (Å²) in [5.41, 5.74) is 3.54. The van der Waals surface area contributed by atoms with Crippen LogP contribution in [0.4, 0.5) is 11.4 Å². The Labute approximate surface area is 135 Å². The monoisotopic (exact) mass is 303 g/mol. The fourth-order valence-electron chi connectivity index (χ4n) is 2.65. The van der Waals surface area contributed by atoms with Crippen molar-refractivity contribution in [3.05, 3.63) is 59.7 Å². The summed E-state index contributed by atoms with van der Waals surface area (Å²) in [6.07, 6.45) is 2.00. The van der Waals surface area contributed by atoms with Gasteiger partial charge in [0, 0.05) is 12.1 Å². The summed E-state index contributed by atoms with van der Waals surface area (Å²) in [7, 11) is 0. The average Bonchev–Trinajstić information content (AvgIpc) is 2.86. The summed E-state index contributed by atoms with van der Waals surface area (Å²) >= 11 is 0. The number of hydrogen-bond acceptors (Lipinski definition) is 3. The maximum absolute atomic E-state index is 12.7. The van der Waals surface area contributed by atoms with E-state index >= 15 is 0 Å². The highest BCUT2D eigenvalue weighted by Crippen LogP contribution is 2.31. The third kappa shape index (κ3) is 2.86. The molecule has 4 nitrogen and oxygen atoms in total. The van der Waals surface area contributed by atoms with Gasteiger partial charge in [-0.05, 0) is 36.8 Å². The second-order valence-corrected chi connectivity index (χ2v) is 5.45. The number of aliphatic imine (C=N–C) groups is 1. The van der Waals surface area contributed by atoms with Crippen molar-refractivity contribution in [2.45, 2.75) is 19.8 Å². The van der Waals surface area contributed by atoms with E-state index in [4.69, 9.17) is 5.26 Å². The molecule has 0 aliphatic carbocycles. The molecule has 0 saturated carbocycles. The van der Waals surface area contributed by atoms with E-state index in [0.29, 0.717) is 23.5 Å². The van der Waals surface area contributed by atoms with Gasteiger partial charge in [0.15, 0.2) is 0 Å². The third-order valence-electron chi connectivity index (χ3n) is 3.87. The highest BCUT2D eigenvalue weighted by molar-refractivity contribution is 6.54. The number of nitrogens with zero attached hydrogens (tertiary/aromatic N) is 3. The Bertz CT molecular complexity index is 800. The number of carbonyl (C=O) groups excluding carboxylic acids is 1. The molecule has 23 heavy (non-hydrogen) atoms. The van der Waals surface area contributed by atoms with Gasteiger partial charge in [-0.25, -0.2) is 4.99 Å². The Balaban J connectivity index is 2.00. The van der Waals surface area contributed by atoms with Crippen LogP contribution in [0.5, 0.6) is 0 Å². The minimum atomic E-state index is -0.0518. The van der Waals surface area contributed by atoms with Gasteiger partial charge in [-0.15, -0.1) is 0 Å². The molecule has 0 N–H and O–H groups in total. The lowest BCUT2D eigenvalue weighted by atomic mass is 10.1. The minimum absolute atomic E-state index is 0.0518. The van der Waals surface area contributed by atoms with Gasteiger partial charge < -0.3 is 4.90 Å². The van der Waals surface area contributed by atoms with Crippen molar-refractivity contribution in [2.75, 3.05) is 11.4 Å². The molecule has 1 aliphatic rings. The van der Waals surface area contributed by atoms with Crippen molar-refractivity contribution in [1.29, 1.82) is 5.26 Å². The van der Waals surface area contributed by atoms with E-state index in [-0.39, 0.29) is 5.91 Å². The number of anilines is 1. The fraction of sp³-hybridized carbons (Fsp3) is 0.211. The van der Waals surface area contributed by atoms with Crippen LogP contribution in [0.15, 0.2) is 53.5 Å². The number of carbonyl (C=O) groups is 1. The molecule has 0 unspecified atom stereocenters. The Kier molecular flexibility index (Phi) is 4.20. The maximum Gasteiger partial charge on any atom is 0.277 e. The van der Waals surface area contributed by atoms with Crippen molar-refractivity contribution in [3.8, 4) is 6.07 Å². The van der Waals surface area contributed by atoms with E-state index in [2.05, 4.69) is 18.0 Å². The van der Waals surface area contributed by atoms with Gasteiger partial charge >= 0.3 is 0 Å². The zero-order valence-corrected chi connectivity index (χ0v) is 13.0. The van der Waals surface area contributed by atoms with Crippen LogP contribution in [-0.4, -0.2) is 18.2 Å². The normalized spacial score (nSPS) is 14.9. The highest BCUT2D eigenvalue weighted by Gasteiger charge is 2.33. The van der Waals surface area contributed by atoms with Gasteiger partial charge in [0.25, 0.3) is 5.91 Å². The average molecular weight is 303 g/mol. The molecule has 1 heterocycles. The first kappa shape index (κ1) is 15.0. The molecular formula is C19H17N3O. The molecule has 4 heteroatoms. The standard InChI is InChI=1S/C19H17N3O/c1-2-3-12-22-17-7-5-4-6-16(17)18(19(22)23)21-15-10-8-14(13-20)9-11-15/h4-11H,2-3,12H2,1H3. The molecule has 1 amide bonds. The molecular weight excluding hydrogens is 286 g/mol. The van der Waals surface area contributed by atoms with E-state index in [0.717, 1.165) is 24.1 Å². The SMILES string of the molecule is CCCCN1C(=O)C(=Nc2ccc(C#N)cc2)c2ccccc21. The quantitative estimate of drug-likeness (QED) is 0.862. The van der Waals surface area contributed by atoms with E-state index in [1.807, 2.05) is 24.3 Å². The first-order chi connectivity index (χ1) is 11.2. The van der Waals surface area contributed by atoms with Crippen LogP contribution in [0.2, 0.25) is 0 Å². The van der Waals surface area contributed by atoms with Gasteiger partial charge in [0.1, 0.15) is 5.71 Å². The molecule has 0 aromatic heterocycles. The zero-order valence-electron chi connectivity index (χ0n) is 13.0. The van der Waals surface area contributed by atoms with Crippen LogP contribution in [-0.2, 0) is 4.79 Å². The summed E-state index contributed by atoms with van der Waals surface area (Å²) < 4.78 is 0. The Hall–Kier alpha value is -2.93. The molecule has 114 valence electrons. The Morgan fingerprint density at radius 2 is 1.87 bits per heavy atom. The molecule has 2 aromatic rings. The number of hydrogen-bond donors (Lipinski definition) is 0. The number of amides is 1. The van der Waals surface area contributed by atoms with Crippen LogP contribution in [0.25, 0.3) is 0 Å². The second-order valence-electron chi connectivity index (χ2n) is 5.45. The highest BCUT2D eigenvalue weighted by atomic mass is 16.2. The summed E-state index contributed by atoms with van der Waals surface area (Å²) in [5.74, 6) is -0.0518. The largest absolute Gasteiger partial charge is 0.306 e. The number of fused-ring (bicyclic) bond motifs is 1. The molecule has 0 atom stereocenters. The predicted octanol–water partition coefficient (Wildman–Crippen LogP) is 3.83. The van der Waals surface area contributed by atoms with Crippen LogP contribution >= 0.6 is 0 Å². The second kappa shape index (κ2) is 6.45. The molecule has 1 aliphatic heterocycles. The van der Waals surface area contributed by atoms with Crippen molar-refractivity contribution in [2.24, 2.45) is 4.99 Å². The minimum Gasteiger partial charge on any atom is -0.306 e. The number of rotatable bonds is 4. The maximum atomic E-state index is 12.7. The smallest absolute Gasteiger partial charge is 0.277 e. The summed E-state index contributed by atoms with van der Waals surface area (Å²) in [5, 5.41) is 8.86. The van der Waals surface area contributed by atoms with Gasteiger partial charge in [-0.2, -0.15) is 5.26 Å². The van der Waals surface area contributed by atoms with Gasteiger partial charge in [-0.1, -0.05) is 31.5 Å². The number of unbranched alkanes of at least 4 members (excludes halogenated alkanes) is 1. The lowest BCUT2D eigenvalue weighted by Gasteiger charge is -2.15. The predicted molar refractivity (Wildman–Crippen MR) is 91.1 cm³/mol. The first-order valence-electron chi connectivity index (χ1n) is 7.74. The van der Waals surface area contributed by atoms with E-state index in [1.165, 1.54) is 0 Å². The summed E-state index contributed by atoms with van der Waals surface area (Å²) in [6.45, 7) is 2.82. The first-order valence-corrected chi connectivity index (χ1v) is 7.74. The summed E-state index contributed by atoms with van der Waals surface area (Å²) in [6, 6.07) is 16.8. The van der Waals surface area contributed by atoms with Crippen LogP contribution < -0.4 is 4.90 Å². The van der Waals surface area contributed by atoms with Gasteiger partial charge in [0.05, 0.1) is 23.0 Å². The van der Waals surface area contributed by atoms with Crippen molar-refractivity contribution >= 4 is 23.0 Å². The van der Waals surface area contributed by atoms with Crippen molar-refractivity contribution < 1.29 is 4.79 Å². The Morgan fingerprint density at radius 3 is 2.57 bits per heavy atom. The van der Waals surface area contributed by atoms with Crippen molar-refractivity contribution in [3.63, 3.8) is 0 Å². The molecule has 0 radical (unpaired) electrons. The third-order valence-corrected chi connectivity index (χ3v) is 3.87. The van der Waals surface area contributed by atoms with Crippen molar-refractivity contribution in [1.82, 2.24) is 0 Å². The summed E-state index contributed by atoms with van der Waals surface area (Å²) in [4.78, 5) is 19.1.